The number of rotatable bonds is 2. The van der Waals surface area contributed by atoms with E-state index in [0.29, 0.717) is 31.9 Å². The predicted molar refractivity (Wildman–Crippen MR) is 100 cm³/mol. The van der Waals surface area contributed by atoms with Crippen LogP contribution >= 0.6 is 0 Å². The van der Waals surface area contributed by atoms with Crippen LogP contribution in [0.5, 0.6) is 0 Å². The Kier molecular flexibility index (Phi) is 4.20. The zero-order valence-electron chi connectivity index (χ0n) is 15.3. The van der Waals surface area contributed by atoms with Crippen molar-refractivity contribution in [3.8, 4) is 11.3 Å². The fourth-order valence-corrected chi connectivity index (χ4v) is 3.42. The molecule has 1 amide bonds. The first-order chi connectivity index (χ1) is 12.5. The lowest BCUT2D eigenvalue weighted by molar-refractivity contribution is 0.0304. The Labute approximate surface area is 152 Å². The molecule has 0 atom stereocenters. The predicted octanol–water partition coefficient (Wildman–Crippen LogP) is 2.72. The molecule has 1 fully saturated rings. The number of aryl methyl sites for hydroxylation is 3. The van der Waals surface area contributed by atoms with E-state index in [1.54, 1.807) is 4.68 Å². The number of aromatic nitrogens is 3. The van der Waals surface area contributed by atoms with Crippen LogP contribution in [0.1, 0.15) is 21.6 Å². The molecule has 0 radical (unpaired) electrons. The molecule has 0 N–H and O–H groups in total. The molecule has 0 aliphatic carbocycles. The molecule has 26 heavy (non-hydrogen) atoms. The van der Waals surface area contributed by atoms with Gasteiger partial charge < -0.3 is 9.64 Å². The summed E-state index contributed by atoms with van der Waals surface area (Å²) in [6, 6.07) is 10.1. The monoisotopic (exact) mass is 350 g/mol. The highest BCUT2D eigenvalue weighted by molar-refractivity contribution is 6.07. The van der Waals surface area contributed by atoms with Crippen LogP contribution in [0.25, 0.3) is 22.3 Å². The summed E-state index contributed by atoms with van der Waals surface area (Å²) in [6.45, 7) is 6.36. The van der Waals surface area contributed by atoms with E-state index in [9.17, 15) is 4.79 Å². The van der Waals surface area contributed by atoms with Crippen molar-refractivity contribution in [1.29, 1.82) is 0 Å². The van der Waals surface area contributed by atoms with Crippen molar-refractivity contribution >= 4 is 16.9 Å². The topological polar surface area (TPSA) is 60.3 Å². The maximum absolute atomic E-state index is 13.2. The number of amides is 1. The summed E-state index contributed by atoms with van der Waals surface area (Å²) in [5.74, 6) is 0.0187. The Hall–Kier alpha value is -2.73. The lowest BCUT2D eigenvalue weighted by Crippen LogP contribution is -2.40. The van der Waals surface area contributed by atoms with Crippen molar-refractivity contribution in [3.63, 3.8) is 0 Å². The zero-order valence-corrected chi connectivity index (χ0v) is 15.3. The van der Waals surface area contributed by atoms with Gasteiger partial charge in [-0.3, -0.25) is 9.48 Å². The Morgan fingerprint density at radius 1 is 1.12 bits per heavy atom. The molecule has 4 rings (SSSR count). The Balaban J connectivity index is 1.89. The maximum Gasteiger partial charge on any atom is 0.254 e. The number of morpholine rings is 1. The number of nitrogens with zero attached hydrogens (tertiary/aromatic N) is 4. The van der Waals surface area contributed by atoms with Crippen molar-refractivity contribution in [3.05, 3.63) is 47.2 Å². The SMILES string of the molecule is Cc1ccc(-c2cc(C(=O)N3CCOCC3)c3c(C)nn(C)c3n2)cc1. The third-order valence-corrected chi connectivity index (χ3v) is 4.84. The fraction of sp³-hybridized carbons (Fsp3) is 0.350. The summed E-state index contributed by atoms with van der Waals surface area (Å²) in [6.07, 6.45) is 0. The molecule has 2 aromatic heterocycles. The molecule has 1 aliphatic heterocycles. The highest BCUT2D eigenvalue weighted by atomic mass is 16.5. The molecular weight excluding hydrogens is 328 g/mol. The Morgan fingerprint density at radius 3 is 2.50 bits per heavy atom. The van der Waals surface area contributed by atoms with Crippen LogP contribution in [-0.2, 0) is 11.8 Å². The van der Waals surface area contributed by atoms with Gasteiger partial charge in [-0.25, -0.2) is 4.98 Å². The molecule has 1 aromatic carbocycles. The Morgan fingerprint density at radius 2 is 1.81 bits per heavy atom. The minimum atomic E-state index is 0.0187. The third-order valence-electron chi connectivity index (χ3n) is 4.84. The zero-order chi connectivity index (χ0) is 18.3. The molecule has 6 heteroatoms. The number of carbonyl (C=O) groups excluding carboxylic acids is 1. The lowest BCUT2D eigenvalue weighted by Gasteiger charge is -2.27. The van der Waals surface area contributed by atoms with Crippen LogP contribution in [0.2, 0.25) is 0 Å². The van der Waals surface area contributed by atoms with E-state index >= 15 is 0 Å². The van der Waals surface area contributed by atoms with E-state index in [2.05, 4.69) is 24.2 Å². The summed E-state index contributed by atoms with van der Waals surface area (Å²) < 4.78 is 7.13. The molecule has 3 heterocycles. The summed E-state index contributed by atoms with van der Waals surface area (Å²) in [4.78, 5) is 19.9. The molecule has 1 aliphatic rings. The number of pyridine rings is 1. The smallest absolute Gasteiger partial charge is 0.254 e. The second-order valence-corrected chi connectivity index (χ2v) is 6.73. The average molecular weight is 350 g/mol. The van der Waals surface area contributed by atoms with Crippen molar-refractivity contribution in [2.75, 3.05) is 26.3 Å². The van der Waals surface area contributed by atoms with E-state index in [4.69, 9.17) is 9.72 Å². The number of hydrogen-bond acceptors (Lipinski definition) is 4. The first kappa shape index (κ1) is 16.7. The largest absolute Gasteiger partial charge is 0.378 e. The van der Waals surface area contributed by atoms with Gasteiger partial charge in [0.25, 0.3) is 5.91 Å². The normalized spacial score (nSPS) is 14.8. The maximum atomic E-state index is 13.2. The van der Waals surface area contributed by atoms with Crippen LogP contribution in [0.4, 0.5) is 0 Å². The summed E-state index contributed by atoms with van der Waals surface area (Å²) >= 11 is 0. The quantitative estimate of drug-likeness (QED) is 0.713. The van der Waals surface area contributed by atoms with Crippen molar-refractivity contribution < 1.29 is 9.53 Å². The van der Waals surface area contributed by atoms with Crippen LogP contribution in [0.3, 0.4) is 0 Å². The first-order valence-electron chi connectivity index (χ1n) is 8.83. The summed E-state index contributed by atoms with van der Waals surface area (Å²) in [5, 5.41) is 5.32. The molecule has 0 unspecified atom stereocenters. The highest BCUT2D eigenvalue weighted by Gasteiger charge is 2.24. The second kappa shape index (κ2) is 6.53. The van der Waals surface area contributed by atoms with E-state index in [-0.39, 0.29) is 5.91 Å². The average Bonchev–Trinajstić information content (AvgIpc) is 2.96. The van der Waals surface area contributed by atoms with Gasteiger partial charge in [0, 0.05) is 25.7 Å². The van der Waals surface area contributed by atoms with Gasteiger partial charge in [0.2, 0.25) is 0 Å². The van der Waals surface area contributed by atoms with Crippen molar-refractivity contribution in [1.82, 2.24) is 19.7 Å². The second-order valence-electron chi connectivity index (χ2n) is 6.73. The van der Waals surface area contributed by atoms with Gasteiger partial charge in [-0.05, 0) is 19.9 Å². The number of ether oxygens (including phenoxy) is 1. The van der Waals surface area contributed by atoms with Crippen LogP contribution in [0, 0.1) is 13.8 Å². The molecule has 134 valence electrons. The number of benzene rings is 1. The van der Waals surface area contributed by atoms with E-state index < -0.39 is 0 Å². The van der Waals surface area contributed by atoms with Crippen LogP contribution < -0.4 is 0 Å². The highest BCUT2D eigenvalue weighted by Crippen LogP contribution is 2.28. The molecule has 1 saturated heterocycles. The van der Waals surface area contributed by atoms with Crippen molar-refractivity contribution in [2.24, 2.45) is 7.05 Å². The molecule has 0 saturated carbocycles. The number of fused-ring (bicyclic) bond motifs is 1. The van der Waals surface area contributed by atoms with Gasteiger partial charge in [0.05, 0.1) is 35.6 Å². The third kappa shape index (κ3) is 2.86. The van der Waals surface area contributed by atoms with Gasteiger partial charge in [-0.2, -0.15) is 5.10 Å². The molecule has 0 spiro atoms. The minimum absolute atomic E-state index is 0.0187. The van der Waals surface area contributed by atoms with Gasteiger partial charge in [-0.1, -0.05) is 29.8 Å². The minimum Gasteiger partial charge on any atom is -0.378 e. The lowest BCUT2D eigenvalue weighted by atomic mass is 10.0. The molecule has 6 nitrogen and oxygen atoms in total. The number of carbonyl (C=O) groups is 1. The Bertz CT molecular complexity index is 970. The van der Waals surface area contributed by atoms with E-state index in [0.717, 1.165) is 28.0 Å². The van der Waals surface area contributed by atoms with Gasteiger partial charge >= 0.3 is 0 Å². The molecule has 0 bridgehead atoms. The fourth-order valence-electron chi connectivity index (χ4n) is 3.42. The van der Waals surface area contributed by atoms with Gasteiger partial charge in [0.15, 0.2) is 5.65 Å². The van der Waals surface area contributed by atoms with Crippen LogP contribution in [0.15, 0.2) is 30.3 Å². The standard InChI is InChI=1S/C20H22N4O2/c1-13-4-6-15(7-5-13)17-12-16(20(25)24-8-10-26-11-9-24)18-14(2)22-23(3)19(18)21-17/h4-7,12H,8-11H2,1-3H3. The molecule has 3 aromatic rings. The van der Waals surface area contributed by atoms with Gasteiger partial charge in [0.1, 0.15) is 0 Å². The van der Waals surface area contributed by atoms with Crippen LogP contribution in [-0.4, -0.2) is 51.9 Å². The summed E-state index contributed by atoms with van der Waals surface area (Å²) in [7, 11) is 1.87. The molecular formula is C20H22N4O2. The first-order valence-corrected chi connectivity index (χ1v) is 8.83. The summed E-state index contributed by atoms with van der Waals surface area (Å²) in [5.41, 5.74) is 5.19. The van der Waals surface area contributed by atoms with Gasteiger partial charge in [-0.15, -0.1) is 0 Å². The van der Waals surface area contributed by atoms with Crippen molar-refractivity contribution in [2.45, 2.75) is 13.8 Å². The van der Waals surface area contributed by atoms with E-state index in [1.165, 1.54) is 5.56 Å². The number of hydrogen-bond donors (Lipinski definition) is 0. The van der Waals surface area contributed by atoms with E-state index in [1.807, 2.05) is 37.1 Å².